The molecular weight excluding hydrogens is 356 g/mol. The summed E-state index contributed by atoms with van der Waals surface area (Å²) in [6.45, 7) is 1.18. The van der Waals surface area contributed by atoms with E-state index in [2.05, 4.69) is 15.4 Å². The van der Waals surface area contributed by atoms with Crippen molar-refractivity contribution in [1.82, 2.24) is 20.1 Å². The fourth-order valence-corrected chi connectivity index (χ4v) is 3.69. The maximum absolute atomic E-state index is 12.6. The van der Waals surface area contributed by atoms with Crippen molar-refractivity contribution in [2.75, 3.05) is 0 Å². The number of hydrogen-bond donors (Lipinski definition) is 1. The highest BCUT2D eigenvalue weighted by Crippen LogP contribution is 2.28. The van der Waals surface area contributed by atoms with Crippen LogP contribution in [0.3, 0.4) is 0 Å². The first-order valence-corrected chi connectivity index (χ1v) is 9.49. The Morgan fingerprint density at radius 2 is 1.78 bits per heavy atom. The van der Waals surface area contributed by atoms with Crippen molar-refractivity contribution < 1.29 is 4.79 Å². The van der Waals surface area contributed by atoms with E-state index in [0.29, 0.717) is 13.1 Å². The third kappa shape index (κ3) is 4.12. The van der Waals surface area contributed by atoms with Crippen LogP contribution in [0.2, 0.25) is 0 Å². The summed E-state index contributed by atoms with van der Waals surface area (Å²) >= 11 is 1.46. The molecule has 27 heavy (non-hydrogen) atoms. The number of thiophene rings is 1. The zero-order chi connectivity index (χ0) is 18.5. The van der Waals surface area contributed by atoms with E-state index >= 15 is 0 Å². The van der Waals surface area contributed by atoms with Gasteiger partial charge >= 0.3 is 0 Å². The average Bonchev–Trinajstić information content (AvgIpc) is 3.40. The van der Waals surface area contributed by atoms with Crippen molar-refractivity contribution in [3.63, 3.8) is 0 Å². The first-order valence-electron chi connectivity index (χ1n) is 8.61. The molecule has 1 amide bonds. The molecule has 0 spiro atoms. The van der Waals surface area contributed by atoms with Crippen molar-refractivity contribution in [2.24, 2.45) is 0 Å². The van der Waals surface area contributed by atoms with Gasteiger partial charge in [-0.1, -0.05) is 54.6 Å². The number of benzene rings is 2. The molecule has 0 aliphatic rings. The molecule has 0 saturated heterocycles. The van der Waals surface area contributed by atoms with Gasteiger partial charge in [0, 0.05) is 12.1 Å². The van der Waals surface area contributed by atoms with E-state index in [4.69, 9.17) is 0 Å². The molecule has 0 aliphatic heterocycles. The lowest BCUT2D eigenvalue weighted by atomic mass is 10.1. The second-order valence-corrected chi connectivity index (χ2v) is 7.04. The van der Waals surface area contributed by atoms with Gasteiger partial charge in [-0.05, 0) is 28.1 Å². The quantitative estimate of drug-likeness (QED) is 0.555. The third-order valence-electron chi connectivity index (χ3n) is 4.24. The van der Waals surface area contributed by atoms with Gasteiger partial charge in [0.1, 0.15) is 12.7 Å². The fraction of sp³-hybridized carbons (Fsp3) is 0.0952. The molecule has 0 radical (unpaired) electrons. The van der Waals surface area contributed by atoms with E-state index < -0.39 is 0 Å². The third-order valence-corrected chi connectivity index (χ3v) is 5.16. The second kappa shape index (κ2) is 7.97. The van der Waals surface area contributed by atoms with Crippen molar-refractivity contribution in [3.8, 4) is 11.1 Å². The van der Waals surface area contributed by atoms with Crippen molar-refractivity contribution in [3.05, 3.63) is 94.7 Å². The summed E-state index contributed by atoms with van der Waals surface area (Å²) in [5.74, 6) is -0.0458. The number of aromatic nitrogens is 3. The van der Waals surface area contributed by atoms with Gasteiger partial charge in [0.2, 0.25) is 0 Å². The lowest BCUT2D eigenvalue weighted by Gasteiger charge is -2.08. The van der Waals surface area contributed by atoms with Gasteiger partial charge in [-0.15, -0.1) is 11.3 Å². The highest BCUT2D eigenvalue weighted by atomic mass is 32.1. The predicted molar refractivity (Wildman–Crippen MR) is 106 cm³/mol. The first kappa shape index (κ1) is 17.2. The molecule has 5 nitrogen and oxygen atoms in total. The number of amides is 1. The lowest BCUT2D eigenvalue weighted by molar-refractivity contribution is 0.0955. The Hall–Kier alpha value is -3.25. The van der Waals surface area contributed by atoms with Gasteiger partial charge < -0.3 is 5.32 Å². The normalized spacial score (nSPS) is 10.7. The van der Waals surface area contributed by atoms with Crippen molar-refractivity contribution >= 4 is 17.2 Å². The summed E-state index contributed by atoms with van der Waals surface area (Å²) in [5, 5.41) is 9.08. The van der Waals surface area contributed by atoms with Crippen LogP contribution in [0.25, 0.3) is 11.1 Å². The summed E-state index contributed by atoms with van der Waals surface area (Å²) in [7, 11) is 0. The molecular formula is C21H18N4OS. The zero-order valence-corrected chi connectivity index (χ0v) is 15.4. The maximum Gasteiger partial charge on any atom is 0.262 e. The SMILES string of the molecule is O=C(NCc1ccc(Cn2cncn2)cc1)c1sccc1-c1ccccc1. The van der Waals surface area contributed by atoms with E-state index in [1.807, 2.05) is 66.0 Å². The van der Waals surface area contributed by atoms with Crippen LogP contribution >= 0.6 is 11.3 Å². The Kier molecular flexibility index (Phi) is 5.07. The Balaban J connectivity index is 1.39. The second-order valence-electron chi connectivity index (χ2n) is 6.12. The van der Waals surface area contributed by atoms with Crippen molar-refractivity contribution in [2.45, 2.75) is 13.1 Å². The van der Waals surface area contributed by atoms with Crippen LogP contribution < -0.4 is 5.32 Å². The molecule has 0 bridgehead atoms. The highest BCUT2D eigenvalue weighted by molar-refractivity contribution is 7.12. The molecule has 4 aromatic rings. The maximum atomic E-state index is 12.6. The Morgan fingerprint density at radius 1 is 1.00 bits per heavy atom. The Labute approximate surface area is 161 Å². The topological polar surface area (TPSA) is 59.8 Å². The summed E-state index contributed by atoms with van der Waals surface area (Å²) < 4.78 is 1.78. The molecule has 6 heteroatoms. The van der Waals surface area contributed by atoms with Gasteiger partial charge in [0.25, 0.3) is 5.91 Å². The van der Waals surface area contributed by atoms with Gasteiger partial charge in [0.05, 0.1) is 11.4 Å². The summed E-state index contributed by atoms with van der Waals surface area (Å²) in [6, 6.07) is 20.1. The largest absolute Gasteiger partial charge is 0.347 e. The minimum Gasteiger partial charge on any atom is -0.347 e. The van der Waals surface area contributed by atoms with Crippen LogP contribution in [0, 0.1) is 0 Å². The van der Waals surface area contributed by atoms with Crippen LogP contribution in [0.5, 0.6) is 0 Å². The van der Waals surface area contributed by atoms with E-state index in [1.165, 1.54) is 17.7 Å². The van der Waals surface area contributed by atoms with Gasteiger partial charge in [0.15, 0.2) is 0 Å². The van der Waals surface area contributed by atoms with Crippen molar-refractivity contribution in [1.29, 1.82) is 0 Å². The van der Waals surface area contributed by atoms with Gasteiger partial charge in [-0.2, -0.15) is 5.10 Å². The molecule has 4 rings (SSSR count). The van der Waals surface area contributed by atoms with Gasteiger partial charge in [-0.25, -0.2) is 9.67 Å². The number of carbonyl (C=O) groups excluding carboxylic acids is 1. The van der Waals surface area contributed by atoms with Crippen LogP contribution in [0.1, 0.15) is 20.8 Å². The Bertz CT molecular complexity index is 1010. The summed E-state index contributed by atoms with van der Waals surface area (Å²) in [5.41, 5.74) is 4.23. The minimum absolute atomic E-state index is 0.0458. The number of nitrogens with one attached hydrogen (secondary N) is 1. The number of rotatable bonds is 6. The molecule has 0 aliphatic carbocycles. The molecule has 2 aromatic carbocycles. The van der Waals surface area contributed by atoms with Gasteiger partial charge in [-0.3, -0.25) is 4.79 Å². The summed E-state index contributed by atoms with van der Waals surface area (Å²) in [4.78, 5) is 17.3. The van der Waals surface area contributed by atoms with E-state index in [9.17, 15) is 4.79 Å². The number of carbonyl (C=O) groups is 1. The van der Waals surface area contributed by atoms with E-state index in [-0.39, 0.29) is 5.91 Å². The number of hydrogen-bond acceptors (Lipinski definition) is 4. The Morgan fingerprint density at radius 3 is 2.52 bits per heavy atom. The zero-order valence-electron chi connectivity index (χ0n) is 14.6. The average molecular weight is 374 g/mol. The predicted octanol–water partition coefficient (Wildman–Crippen LogP) is 3.98. The molecule has 2 aromatic heterocycles. The van der Waals surface area contributed by atoms with Crippen LogP contribution in [-0.4, -0.2) is 20.7 Å². The van der Waals surface area contributed by atoms with Crippen LogP contribution in [-0.2, 0) is 13.1 Å². The molecule has 0 saturated carbocycles. The smallest absolute Gasteiger partial charge is 0.262 e. The molecule has 2 heterocycles. The van der Waals surface area contributed by atoms with E-state index in [1.54, 1.807) is 11.0 Å². The number of nitrogens with zero attached hydrogens (tertiary/aromatic N) is 3. The highest BCUT2D eigenvalue weighted by Gasteiger charge is 2.14. The fourth-order valence-electron chi connectivity index (χ4n) is 2.86. The van der Waals surface area contributed by atoms with Crippen LogP contribution in [0.15, 0.2) is 78.7 Å². The molecule has 134 valence electrons. The van der Waals surface area contributed by atoms with Crippen LogP contribution in [0.4, 0.5) is 0 Å². The molecule has 1 N–H and O–H groups in total. The molecule has 0 fully saturated rings. The molecule has 0 unspecified atom stereocenters. The monoisotopic (exact) mass is 374 g/mol. The lowest BCUT2D eigenvalue weighted by Crippen LogP contribution is -2.22. The summed E-state index contributed by atoms with van der Waals surface area (Å²) in [6.07, 6.45) is 3.22. The minimum atomic E-state index is -0.0458. The molecule has 0 atom stereocenters. The van der Waals surface area contributed by atoms with E-state index in [0.717, 1.165) is 27.1 Å². The standard InChI is InChI=1S/C21H18N4OS/c26-21(20-19(10-11-27-20)18-4-2-1-3-5-18)23-12-16-6-8-17(9-7-16)13-25-15-22-14-24-25/h1-11,14-15H,12-13H2,(H,23,26). The first-order chi connectivity index (χ1) is 13.3.